The predicted molar refractivity (Wildman–Crippen MR) is 164 cm³/mol. The number of ether oxygens (including phenoxy) is 1. The van der Waals surface area contributed by atoms with E-state index in [0.717, 1.165) is 11.8 Å². The summed E-state index contributed by atoms with van der Waals surface area (Å²) in [5.74, 6) is 0.0147. The Labute approximate surface area is 252 Å². The fourth-order valence-corrected chi connectivity index (χ4v) is 5.87. The van der Waals surface area contributed by atoms with E-state index >= 15 is 0 Å². The Bertz CT molecular complexity index is 1420. The van der Waals surface area contributed by atoms with Gasteiger partial charge in [-0.05, 0) is 60.9 Å². The summed E-state index contributed by atoms with van der Waals surface area (Å²) in [7, 11) is -2.09. The molecule has 0 aliphatic heterocycles. The topological polar surface area (TPSA) is 96.0 Å². The normalized spacial score (nSPS) is 11.9. The van der Waals surface area contributed by atoms with Crippen molar-refractivity contribution in [3.63, 3.8) is 0 Å². The Kier molecular flexibility index (Phi) is 11.9. The summed E-state index contributed by atoms with van der Waals surface area (Å²) in [5.41, 5.74) is 2.00. The largest absolute Gasteiger partial charge is 0.497 e. The number of nitrogens with one attached hydrogen (secondary N) is 1. The number of halogens is 2. The molecular formula is C30H35Cl2N3O5S. The van der Waals surface area contributed by atoms with Crippen LogP contribution in [0.1, 0.15) is 30.9 Å². The van der Waals surface area contributed by atoms with Gasteiger partial charge in [0.25, 0.3) is 0 Å². The van der Waals surface area contributed by atoms with Gasteiger partial charge in [0, 0.05) is 42.5 Å². The molecule has 0 aliphatic rings. The molecule has 1 N–H and O–H groups in total. The first-order valence-electron chi connectivity index (χ1n) is 13.2. The van der Waals surface area contributed by atoms with Gasteiger partial charge in [0.2, 0.25) is 21.8 Å². The molecule has 0 bridgehead atoms. The van der Waals surface area contributed by atoms with Gasteiger partial charge < -0.3 is 15.0 Å². The third-order valence-electron chi connectivity index (χ3n) is 6.49. The maximum atomic E-state index is 13.8. The van der Waals surface area contributed by atoms with Gasteiger partial charge in [0.15, 0.2) is 0 Å². The first-order chi connectivity index (χ1) is 19.5. The molecule has 0 saturated heterocycles. The van der Waals surface area contributed by atoms with Crippen LogP contribution in [0, 0.1) is 0 Å². The van der Waals surface area contributed by atoms with Crippen molar-refractivity contribution >= 4 is 50.7 Å². The number of hydrogen-bond donors (Lipinski definition) is 1. The highest BCUT2D eigenvalue weighted by Gasteiger charge is 2.30. The van der Waals surface area contributed by atoms with Gasteiger partial charge in [0.1, 0.15) is 11.8 Å². The first kappa shape index (κ1) is 32.2. The number of sulfonamides is 1. The fourth-order valence-electron chi connectivity index (χ4n) is 4.43. The monoisotopic (exact) mass is 619 g/mol. The van der Waals surface area contributed by atoms with Crippen molar-refractivity contribution in [2.75, 3.05) is 30.8 Å². The molecule has 8 nitrogen and oxygen atoms in total. The average Bonchev–Trinajstić information content (AvgIpc) is 2.94. The van der Waals surface area contributed by atoms with Crippen LogP contribution in [0.25, 0.3) is 0 Å². The van der Waals surface area contributed by atoms with Gasteiger partial charge in [-0.1, -0.05) is 59.6 Å². The third-order valence-corrected chi connectivity index (χ3v) is 8.27. The number of rotatable bonds is 14. The van der Waals surface area contributed by atoms with Crippen molar-refractivity contribution in [1.29, 1.82) is 0 Å². The summed E-state index contributed by atoms with van der Waals surface area (Å²) in [6, 6.07) is 20.3. The molecule has 220 valence electrons. The Morgan fingerprint density at radius 1 is 1.00 bits per heavy atom. The van der Waals surface area contributed by atoms with Crippen LogP contribution in [0.2, 0.25) is 10.0 Å². The van der Waals surface area contributed by atoms with Crippen molar-refractivity contribution in [2.24, 2.45) is 0 Å². The lowest BCUT2D eigenvalue weighted by Gasteiger charge is -2.32. The highest BCUT2D eigenvalue weighted by molar-refractivity contribution is 7.92. The summed E-state index contributed by atoms with van der Waals surface area (Å²) < 4.78 is 31.6. The van der Waals surface area contributed by atoms with Crippen LogP contribution in [0.15, 0.2) is 72.8 Å². The zero-order valence-corrected chi connectivity index (χ0v) is 25.7. The molecule has 0 fully saturated rings. The number of amides is 2. The van der Waals surface area contributed by atoms with E-state index in [1.165, 1.54) is 16.3 Å². The van der Waals surface area contributed by atoms with E-state index in [-0.39, 0.29) is 37.7 Å². The first-order valence-corrected chi connectivity index (χ1v) is 15.8. The van der Waals surface area contributed by atoms with Crippen molar-refractivity contribution in [2.45, 2.75) is 38.8 Å². The van der Waals surface area contributed by atoms with Gasteiger partial charge in [-0.15, -0.1) is 0 Å². The third kappa shape index (κ3) is 9.38. The Balaban J connectivity index is 1.88. The molecule has 1 unspecified atom stereocenters. The molecule has 0 spiro atoms. The molecule has 0 radical (unpaired) electrons. The maximum Gasteiger partial charge on any atom is 0.243 e. The SMILES string of the molecule is CCNC(=O)C(Cc1ccccc1)N(Cc1ccc(Cl)cc1Cl)C(=O)CCCN(c1ccc(OC)cc1)S(C)(=O)=O. The Hall–Kier alpha value is -3.27. The molecule has 41 heavy (non-hydrogen) atoms. The molecule has 0 aromatic heterocycles. The van der Waals surface area contributed by atoms with Crippen molar-refractivity contribution in [1.82, 2.24) is 10.2 Å². The van der Waals surface area contributed by atoms with Crippen LogP contribution in [-0.2, 0) is 32.6 Å². The van der Waals surface area contributed by atoms with Crippen molar-refractivity contribution < 1.29 is 22.7 Å². The average molecular weight is 621 g/mol. The number of anilines is 1. The molecule has 1 atom stereocenters. The second kappa shape index (κ2) is 15.1. The molecular weight excluding hydrogens is 585 g/mol. The highest BCUT2D eigenvalue weighted by Crippen LogP contribution is 2.26. The standard InChI is InChI=1S/C30H35Cl2N3O5S/c1-4-33-30(37)28(19-22-9-6-5-7-10-22)34(21-23-12-13-24(31)20-27(23)32)29(36)11-8-18-35(41(3,38)39)25-14-16-26(40-2)17-15-25/h5-7,9-10,12-17,20,28H,4,8,11,18-19,21H2,1-3H3,(H,33,37). The van der Waals surface area contributed by atoms with Crippen molar-refractivity contribution in [3.05, 3.63) is 94.0 Å². The summed E-state index contributed by atoms with van der Waals surface area (Å²) in [4.78, 5) is 28.6. The minimum absolute atomic E-state index is 0.0120. The summed E-state index contributed by atoms with van der Waals surface area (Å²) in [5, 5.41) is 3.69. The van der Waals surface area contributed by atoms with Crippen LogP contribution in [0.3, 0.4) is 0 Å². The molecule has 2 amide bonds. The second-order valence-electron chi connectivity index (χ2n) is 9.49. The molecule has 3 aromatic rings. The Morgan fingerprint density at radius 2 is 1.68 bits per heavy atom. The maximum absolute atomic E-state index is 13.8. The van der Waals surface area contributed by atoms with E-state index < -0.39 is 16.1 Å². The minimum Gasteiger partial charge on any atom is -0.497 e. The van der Waals surface area contributed by atoms with Gasteiger partial charge in [0.05, 0.1) is 19.1 Å². The van der Waals surface area contributed by atoms with E-state index in [2.05, 4.69) is 5.32 Å². The van der Waals surface area contributed by atoms with Crippen LogP contribution < -0.4 is 14.4 Å². The lowest BCUT2D eigenvalue weighted by atomic mass is 10.0. The number of nitrogens with zero attached hydrogens (tertiary/aromatic N) is 2. The molecule has 3 aromatic carbocycles. The number of methoxy groups -OCH3 is 1. The quantitative estimate of drug-likeness (QED) is 0.263. The van der Waals surface area contributed by atoms with Crippen LogP contribution >= 0.6 is 23.2 Å². The minimum atomic E-state index is -3.62. The van der Waals surface area contributed by atoms with Crippen LogP contribution in [-0.4, -0.2) is 57.6 Å². The summed E-state index contributed by atoms with van der Waals surface area (Å²) in [6.07, 6.45) is 1.66. The zero-order valence-electron chi connectivity index (χ0n) is 23.3. The summed E-state index contributed by atoms with van der Waals surface area (Å²) in [6.45, 7) is 2.38. The molecule has 0 aliphatic carbocycles. The molecule has 11 heteroatoms. The predicted octanol–water partition coefficient (Wildman–Crippen LogP) is 5.32. The number of likely N-dealkylation sites (N-methyl/N-ethyl adjacent to an activating group) is 1. The highest BCUT2D eigenvalue weighted by atomic mass is 35.5. The molecule has 3 rings (SSSR count). The van der Waals surface area contributed by atoms with Gasteiger partial charge in [-0.2, -0.15) is 0 Å². The smallest absolute Gasteiger partial charge is 0.243 e. The van der Waals surface area contributed by atoms with Gasteiger partial charge in [-0.25, -0.2) is 8.42 Å². The van der Waals surface area contributed by atoms with Gasteiger partial charge in [-0.3, -0.25) is 13.9 Å². The van der Waals surface area contributed by atoms with E-state index in [1.54, 1.807) is 42.5 Å². The lowest BCUT2D eigenvalue weighted by Crippen LogP contribution is -2.50. The second-order valence-corrected chi connectivity index (χ2v) is 12.2. The number of hydrogen-bond acceptors (Lipinski definition) is 5. The number of carbonyl (C=O) groups excluding carboxylic acids is 2. The van der Waals surface area contributed by atoms with Crippen LogP contribution in [0.5, 0.6) is 5.75 Å². The van der Waals surface area contributed by atoms with E-state index in [0.29, 0.717) is 40.0 Å². The van der Waals surface area contributed by atoms with Crippen LogP contribution in [0.4, 0.5) is 5.69 Å². The van der Waals surface area contributed by atoms with Gasteiger partial charge >= 0.3 is 0 Å². The van der Waals surface area contributed by atoms with E-state index in [1.807, 2.05) is 37.3 Å². The van der Waals surface area contributed by atoms with Crippen molar-refractivity contribution in [3.8, 4) is 5.75 Å². The van der Waals surface area contributed by atoms with E-state index in [4.69, 9.17) is 27.9 Å². The number of benzene rings is 3. The molecule has 0 saturated carbocycles. The van der Waals surface area contributed by atoms with E-state index in [9.17, 15) is 18.0 Å². The molecule has 0 heterocycles. The zero-order chi connectivity index (χ0) is 30.0. The fraction of sp³-hybridized carbons (Fsp3) is 0.333. The number of carbonyl (C=O) groups is 2. The Morgan fingerprint density at radius 3 is 2.27 bits per heavy atom. The summed E-state index contributed by atoms with van der Waals surface area (Å²) >= 11 is 12.6. The lowest BCUT2D eigenvalue weighted by molar-refractivity contribution is -0.141.